The van der Waals surface area contributed by atoms with Crippen molar-refractivity contribution >= 4 is 17.7 Å². The molecule has 0 radical (unpaired) electrons. The van der Waals surface area contributed by atoms with Gasteiger partial charge in [0.2, 0.25) is 0 Å². The fourth-order valence-corrected chi connectivity index (χ4v) is 3.27. The lowest BCUT2D eigenvalue weighted by Crippen LogP contribution is -2.35. The molecule has 1 aliphatic heterocycles. The summed E-state index contributed by atoms with van der Waals surface area (Å²) in [5.74, 6) is -0.000832. The van der Waals surface area contributed by atoms with Gasteiger partial charge in [0.25, 0.3) is 5.91 Å². The molecule has 2 aromatic carbocycles. The van der Waals surface area contributed by atoms with E-state index < -0.39 is 11.7 Å². The van der Waals surface area contributed by atoms with Crippen LogP contribution in [0.4, 0.5) is 10.5 Å². The molecule has 0 bridgehead atoms. The van der Waals surface area contributed by atoms with E-state index in [1.807, 2.05) is 68.1 Å². The minimum Gasteiger partial charge on any atom is -0.444 e. The zero-order valence-corrected chi connectivity index (χ0v) is 16.3. The van der Waals surface area contributed by atoms with Crippen LogP contribution < -0.4 is 10.2 Å². The number of hydrogen-bond donors (Lipinski definition) is 1. The summed E-state index contributed by atoms with van der Waals surface area (Å²) in [6.45, 7) is 7.89. The molecule has 1 aliphatic rings. The van der Waals surface area contributed by atoms with Crippen molar-refractivity contribution < 1.29 is 14.3 Å². The van der Waals surface area contributed by atoms with E-state index in [0.29, 0.717) is 12.1 Å². The SMILES string of the molecule is C[C@@H]1Cc2ccccc2N1C(=O)c1ccc(CNC(=O)OC(C)(C)C)cc1. The van der Waals surface area contributed by atoms with Gasteiger partial charge in [-0.25, -0.2) is 4.79 Å². The van der Waals surface area contributed by atoms with Crippen molar-refractivity contribution in [2.75, 3.05) is 4.90 Å². The Morgan fingerprint density at radius 3 is 2.44 bits per heavy atom. The molecule has 1 atom stereocenters. The Morgan fingerprint density at radius 2 is 1.78 bits per heavy atom. The maximum Gasteiger partial charge on any atom is 0.407 e. The lowest BCUT2D eigenvalue weighted by atomic mass is 10.1. The van der Waals surface area contributed by atoms with Crippen LogP contribution in [0.2, 0.25) is 0 Å². The van der Waals surface area contributed by atoms with Crippen LogP contribution in [0.5, 0.6) is 0 Å². The van der Waals surface area contributed by atoms with Gasteiger partial charge in [-0.2, -0.15) is 0 Å². The van der Waals surface area contributed by atoms with Crippen molar-refractivity contribution in [3.63, 3.8) is 0 Å². The van der Waals surface area contributed by atoms with Gasteiger partial charge in [0.1, 0.15) is 5.60 Å². The average molecular weight is 366 g/mol. The molecule has 1 N–H and O–H groups in total. The van der Waals surface area contributed by atoms with Crippen LogP contribution >= 0.6 is 0 Å². The molecule has 1 heterocycles. The summed E-state index contributed by atoms with van der Waals surface area (Å²) in [4.78, 5) is 26.6. The number of fused-ring (bicyclic) bond motifs is 1. The van der Waals surface area contributed by atoms with Gasteiger partial charge in [-0.05, 0) is 63.4 Å². The molecular weight excluding hydrogens is 340 g/mol. The van der Waals surface area contributed by atoms with E-state index >= 15 is 0 Å². The van der Waals surface area contributed by atoms with E-state index in [9.17, 15) is 9.59 Å². The Kier molecular flexibility index (Phi) is 5.22. The van der Waals surface area contributed by atoms with Gasteiger partial charge >= 0.3 is 6.09 Å². The number of nitrogens with one attached hydrogen (secondary N) is 1. The highest BCUT2D eigenvalue weighted by atomic mass is 16.6. The number of carbonyl (C=O) groups excluding carboxylic acids is 2. The first kappa shape index (κ1) is 19.0. The highest BCUT2D eigenvalue weighted by molar-refractivity contribution is 6.07. The zero-order chi connectivity index (χ0) is 19.6. The fraction of sp³-hybridized carbons (Fsp3) is 0.364. The van der Waals surface area contributed by atoms with Crippen molar-refractivity contribution in [2.24, 2.45) is 0 Å². The predicted molar refractivity (Wildman–Crippen MR) is 106 cm³/mol. The van der Waals surface area contributed by atoms with E-state index in [4.69, 9.17) is 4.74 Å². The lowest BCUT2D eigenvalue weighted by Gasteiger charge is -2.23. The van der Waals surface area contributed by atoms with Gasteiger partial charge < -0.3 is 15.0 Å². The number of hydrogen-bond acceptors (Lipinski definition) is 3. The standard InChI is InChI=1S/C22H26N2O3/c1-15-13-18-7-5-6-8-19(18)24(15)20(25)17-11-9-16(10-12-17)14-23-21(26)27-22(2,3)4/h5-12,15H,13-14H2,1-4H3,(H,23,26)/t15-/m1/s1. The number of nitrogens with zero attached hydrogens (tertiary/aromatic N) is 1. The van der Waals surface area contributed by atoms with Crippen molar-refractivity contribution in [3.8, 4) is 0 Å². The van der Waals surface area contributed by atoms with Gasteiger partial charge in [-0.1, -0.05) is 30.3 Å². The molecule has 142 valence electrons. The number of amides is 2. The molecule has 5 nitrogen and oxygen atoms in total. The number of para-hydroxylation sites is 1. The molecule has 2 aromatic rings. The highest BCUT2D eigenvalue weighted by Gasteiger charge is 2.31. The second-order valence-electron chi connectivity index (χ2n) is 7.91. The van der Waals surface area contributed by atoms with Crippen LogP contribution in [0.1, 0.15) is 49.2 Å². The molecule has 0 saturated heterocycles. The summed E-state index contributed by atoms with van der Waals surface area (Å²) >= 11 is 0. The molecule has 0 fully saturated rings. The molecule has 0 aliphatic carbocycles. The predicted octanol–water partition coefficient (Wildman–Crippen LogP) is 4.30. The summed E-state index contributed by atoms with van der Waals surface area (Å²) in [6.07, 6.45) is 0.421. The van der Waals surface area contributed by atoms with Crippen LogP contribution in [0.25, 0.3) is 0 Å². The molecule has 0 unspecified atom stereocenters. The third-order valence-electron chi connectivity index (χ3n) is 4.46. The molecule has 3 rings (SSSR count). The van der Waals surface area contributed by atoms with Crippen LogP contribution in [0.15, 0.2) is 48.5 Å². The average Bonchev–Trinajstić information content (AvgIpc) is 2.94. The Labute approximate surface area is 160 Å². The van der Waals surface area contributed by atoms with Gasteiger partial charge in [-0.15, -0.1) is 0 Å². The van der Waals surface area contributed by atoms with E-state index in [1.54, 1.807) is 0 Å². The number of alkyl carbamates (subject to hydrolysis) is 1. The Bertz CT molecular complexity index is 837. The normalized spacial score (nSPS) is 16.0. The maximum absolute atomic E-state index is 13.0. The third-order valence-corrected chi connectivity index (χ3v) is 4.46. The van der Waals surface area contributed by atoms with Crippen LogP contribution in [0.3, 0.4) is 0 Å². The molecule has 5 heteroatoms. The lowest BCUT2D eigenvalue weighted by molar-refractivity contribution is 0.0523. The quantitative estimate of drug-likeness (QED) is 0.881. The van der Waals surface area contributed by atoms with E-state index in [-0.39, 0.29) is 11.9 Å². The highest BCUT2D eigenvalue weighted by Crippen LogP contribution is 2.33. The molecular formula is C22H26N2O3. The Balaban J connectivity index is 1.65. The van der Waals surface area contributed by atoms with E-state index in [2.05, 4.69) is 18.3 Å². The largest absolute Gasteiger partial charge is 0.444 e. The van der Waals surface area contributed by atoms with Crippen molar-refractivity contribution in [1.29, 1.82) is 0 Å². The first-order chi connectivity index (χ1) is 12.7. The smallest absolute Gasteiger partial charge is 0.407 e. The van der Waals surface area contributed by atoms with Crippen LogP contribution in [0, 0.1) is 0 Å². The van der Waals surface area contributed by atoms with Gasteiger partial charge in [0, 0.05) is 23.8 Å². The summed E-state index contributed by atoms with van der Waals surface area (Å²) in [6, 6.07) is 15.5. The zero-order valence-electron chi connectivity index (χ0n) is 16.3. The van der Waals surface area contributed by atoms with Crippen LogP contribution in [-0.2, 0) is 17.7 Å². The summed E-state index contributed by atoms with van der Waals surface area (Å²) in [5.41, 5.74) is 3.22. The number of benzene rings is 2. The first-order valence-electron chi connectivity index (χ1n) is 9.22. The number of carbonyl (C=O) groups is 2. The molecule has 2 amide bonds. The van der Waals surface area contributed by atoms with E-state index in [1.165, 1.54) is 5.56 Å². The maximum atomic E-state index is 13.0. The van der Waals surface area contributed by atoms with Crippen molar-refractivity contribution in [1.82, 2.24) is 5.32 Å². The Hall–Kier alpha value is -2.82. The summed E-state index contributed by atoms with van der Waals surface area (Å²) in [5, 5.41) is 2.72. The third kappa shape index (κ3) is 4.48. The monoisotopic (exact) mass is 366 g/mol. The van der Waals surface area contributed by atoms with Gasteiger partial charge in [-0.3, -0.25) is 4.79 Å². The fourth-order valence-electron chi connectivity index (χ4n) is 3.27. The number of anilines is 1. The second-order valence-corrected chi connectivity index (χ2v) is 7.91. The van der Waals surface area contributed by atoms with Crippen molar-refractivity contribution in [2.45, 2.75) is 52.3 Å². The van der Waals surface area contributed by atoms with Crippen molar-refractivity contribution in [3.05, 3.63) is 65.2 Å². The molecule has 0 spiro atoms. The molecule has 0 aromatic heterocycles. The van der Waals surface area contributed by atoms with Gasteiger partial charge in [0.15, 0.2) is 0 Å². The number of ether oxygens (including phenoxy) is 1. The summed E-state index contributed by atoms with van der Waals surface area (Å²) in [7, 11) is 0. The Morgan fingerprint density at radius 1 is 1.11 bits per heavy atom. The molecule has 0 saturated carbocycles. The van der Waals surface area contributed by atoms with Gasteiger partial charge in [0.05, 0.1) is 0 Å². The molecule has 27 heavy (non-hydrogen) atoms. The topological polar surface area (TPSA) is 58.6 Å². The minimum atomic E-state index is -0.525. The summed E-state index contributed by atoms with van der Waals surface area (Å²) < 4.78 is 5.22. The van der Waals surface area contributed by atoms with Crippen LogP contribution in [-0.4, -0.2) is 23.6 Å². The minimum absolute atomic E-state index is 0.000832. The second kappa shape index (κ2) is 7.43. The van der Waals surface area contributed by atoms with E-state index in [0.717, 1.165) is 17.7 Å². The first-order valence-corrected chi connectivity index (χ1v) is 9.22. The number of rotatable bonds is 3.